The number of hydrogen-bond donors (Lipinski definition) is 1. The molecule has 1 aromatic rings. The van der Waals surface area contributed by atoms with E-state index in [1.807, 2.05) is 6.07 Å². The van der Waals surface area contributed by atoms with Gasteiger partial charge >= 0.3 is 0 Å². The van der Waals surface area contributed by atoms with Crippen LogP contribution in [0.3, 0.4) is 0 Å². The van der Waals surface area contributed by atoms with Crippen molar-refractivity contribution in [3.8, 4) is 17.2 Å². The normalized spacial score (nSPS) is 14.9. The van der Waals surface area contributed by atoms with Gasteiger partial charge in [0.2, 0.25) is 0 Å². The van der Waals surface area contributed by atoms with Gasteiger partial charge in [-0.1, -0.05) is 0 Å². The summed E-state index contributed by atoms with van der Waals surface area (Å²) in [5.74, 6) is 2.60. The Labute approximate surface area is 155 Å². The second-order valence-electron chi connectivity index (χ2n) is 5.24. The van der Waals surface area contributed by atoms with Crippen LogP contribution in [-0.2, 0) is 6.54 Å². The molecule has 23 heavy (non-hydrogen) atoms. The van der Waals surface area contributed by atoms with E-state index in [1.165, 1.54) is 19.3 Å². The van der Waals surface area contributed by atoms with Gasteiger partial charge in [-0.3, -0.25) is 0 Å². The third kappa shape index (κ3) is 5.05. The van der Waals surface area contributed by atoms with Gasteiger partial charge in [0.05, 0.1) is 27.9 Å². The summed E-state index contributed by atoms with van der Waals surface area (Å²) >= 11 is 0. The van der Waals surface area contributed by atoms with Crippen LogP contribution in [0.1, 0.15) is 24.8 Å². The first-order valence-corrected chi connectivity index (χ1v) is 7.53. The van der Waals surface area contributed by atoms with Crippen molar-refractivity contribution in [2.45, 2.75) is 25.8 Å². The fourth-order valence-corrected chi connectivity index (χ4v) is 2.61. The van der Waals surface area contributed by atoms with Gasteiger partial charge in [0.1, 0.15) is 5.75 Å². The third-order valence-corrected chi connectivity index (χ3v) is 3.88. The molecule has 0 radical (unpaired) electrons. The highest BCUT2D eigenvalue weighted by molar-refractivity contribution is 14.0. The molecule has 0 bridgehead atoms. The highest BCUT2D eigenvalue weighted by atomic mass is 127. The predicted molar refractivity (Wildman–Crippen MR) is 102 cm³/mol. The van der Waals surface area contributed by atoms with Crippen LogP contribution >= 0.6 is 24.0 Å². The predicted octanol–water partition coefficient (Wildman–Crippen LogP) is 2.63. The minimum absolute atomic E-state index is 0. The maximum Gasteiger partial charge on any atom is 0.191 e. The first kappa shape index (κ1) is 19.7. The standard InChI is InChI=1S/C16H25N3O3.HI/c1-20-13-10-15(22-3)14(21-2)9-12(13)11-18-16(17)19-7-5-4-6-8-19;/h9-10H,4-8,11H2,1-3H3,(H2,17,18);1H. The van der Waals surface area contributed by atoms with Crippen LogP contribution in [0.2, 0.25) is 0 Å². The topological polar surface area (TPSA) is 69.3 Å². The quantitative estimate of drug-likeness (QED) is 0.438. The molecule has 0 amide bonds. The molecule has 6 nitrogen and oxygen atoms in total. The summed E-state index contributed by atoms with van der Waals surface area (Å²) in [4.78, 5) is 6.64. The van der Waals surface area contributed by atoms with Crippen LogP contribution in [0.25, 0.3) is 0 Å². The molecular formula is C16H26IN3O3. The van der Waals surface area contributed by atoms with Crippen LogP contribution < -0.4 is 19.9 Å². The lowest BCUT2D eigenvalue weighted by Crippen LogP contribution is -2.40. The molecule has 0 aliphatic carbocycles. The number of nitrogens with zero attached hydrogens (tertiary/aromatic N) is 2. The number of likely N-dealkylation sites (tertiary alicyclic amines) is 1. The Morgan fingerprint density at radius 1 is 1.00 bits per heavy atom. The molecule has 130 valence electrons. The molecule has 1 aliphatic heterocycles. The molecule has 1 saturated heterocycles. The molecule has 1 fully saturated rings. The van der Waals surface area contributed by atoms with Gasteiger partial charge in [0.25, 0.3) is 0 Å². The van der Waals surface area contributed by atoms with E-state index in [1.54, 1.807) is 27.4 Å². The second-order valence-corrected chi connectivity index (χ2v) is 5.24. The van der Waals surface area contributed by atoms with Crippen LogP contribution in [0.5, 0.6) is 17.2 Å². The molecule has 2 N–H and O–H groups in total. The maximum absolute atomic E-state index is 6.09. The molecule has 1 aliphatic rings. The second kappa shape index (κ2) is 9.69. The van der Waals surface area contributed by atoms with Gasteiger partial charge in [-0.05, 0) is 25.3 Å². The first-order chi connectivity index (χ1) is 10.7. The molecule has 0 saturated carbocycles. The summed E-state index contributed by atoms with van der Waals surface area (Å²) < 4.78 is 16.0. The number of ether oxygens (including phenoxy) is 3. The summed E-state index contributed by atoms with van der Waals surface area (Å²) in [6.07, 6.45) is 3.62. The van der Waals surface area contributed by atoms with Crippen molar-refractivity contribution in [3.05, 3.63) is 17.7 Å². The molecular weight excluding hydrogens is 409 g/mol. The number of piperidine rings is 1. The van der Waals surface area contributed by atoms with E-state index < -0.39 is 0 Å². The van der Waals surface area contributed by atoms with Gasteiger partial charge in [0, 0.05) is 24.7 Å². The van der Waals surface area contributed by atoms with Crippen molar-refractivity contribution in [1.82, 2.24) is 4.90 Å². The summed E-state index contributed by atoms with van der Waals surface area (Å²) in [6.45, 7) is 2.42. The van der Waals surface area contributed by atoms with Crippen LogP contribution in [0.15, 0.2) is 17.1 Å². The molecule has 7 heteroatoms. The highest BCUT2D eigenvalue weighted by Gasteiger charge is 2.14. The first-order valence-electron chi connectivity index (χ1n) is 7.53. The molecule has 2 rings (SSSR count). The number of aliphatic imine (C=N–C) groups is 1. The van der Waals surface area contributed by atoms with Crippen LogP contribution in [0, 0.1) is 0 Å². The molecule has 1 heterocycles. The van der Waals surface area contributed by atoms with Crippen molar-refractivity contribution < 1.29 is 14.2 Å². The van der Waals surface area contributed by atoms with Crippen LogP contribution in [0.4, 0.5) is 0 Å². The lowest BCUT2D eigenvalue weighted by atomic mass is 10.1. The number of halogens is 1. The maximum atomic E-state index is 6.09. The van der Waals surface area contributed by atoms with Crippen molar-refractivity contribution in [1.29, 1.82) is 0 Å². The van der Waals surface area contributed by atoms with Crippen molar-refractivity contribution >= 4 is 29.9 Å². The van der Waals surface area contributed by atoms with Gasteiger partial charge in [-0.15, -0.1) is 24.0 Å². The third-order valence-electron chi connectivity index (χ3n) is 3.88. The number of benzene rings is 1. The Kier molecular flexibility index (Phi) is 8.29. The van der Waals surface area contributed by atoms with Crippen molar-refractivity contribution in [2.75, 3.05) is 34.4 Å². The number of guanidine groups is 1. The summed E-state index contributed by atoms with van der Waals surface area (Å²) in [5.41, 5.74) is 7.01. The summed E-state index contributed by atoms with van der Waals surface area (Å²) in [5, 5.41) is 0. The Bertz CT molecular complexity index is 532. The Morgan fingerprint density at radius 2 is 1.57 bits per heavy atom. The fraction of sp³-hybridized carbons (Fsp3) is 0.562. The average Bonchev–Trinajstić information content (AvgIpc) is 2.59. The van der Waals surface area contributed by atoms with Crippen LogP contribution in [-0.4, -0.2) is 45.3 Å². The zero-order valence-electron chi connectivity index (χ0n) is 14.0. The lowest BCUT2D eigenvalue weighted by molar-refractivity contribution is 0.337. The number of hydrogen-bond acceptors (Lipinski definition) is 4. The zero-order valence-corrected chi connectivity index (χ0v) is 16.3. The number of methoxy groups -OCH3 is 3. The van der Waals surface area contributed by atoms with Gasteiger partial charge < -0.3 is 24.8 Å². The van der Waals surface area contributed by atoms with E-state index in [0.717, 1.165) is 18.7 Å². The molecule has 0 aromatic heterocycles. The average molecular weight is 435 g/mol. The van der Waals surface area contributed by atoms with E-state index >= 15 is 0 Å². The van der Waals surface area contributed by atoms with Gasteiger partial charge in [-0.25, -0.2) is 4.99 Å². The molecule has 0 spiro atoms. The number of rotatable bonds is 5. The van der Waals surface area contributed by atoms with E-state index in [9.17, 15) is 0 Å². The van der Waals surface area contributed by atoms with E-state index in [-0.39, 0.29) is 24.0 Å². The van der Waals surface area contributed by atoms with Crippen molar-refractivity contribution in [2.24, 2.45) is 10.7 Å². The van der Waals surface area contributed by atoms with Gasteiger partial charge in [0.15, 0.2) is 17.5 Å². The van der Waals surface area contributed by atoms with Gasteiger partial charge in [-0.2, -0.15) is 0 Å². The molecule has 1 aromatic carbocycles. The van der Waals surface area contributed by atoms with E-state index in [0.29, 0.717) is 29.8 Å². The minimum atomic E-state index is 0. The lowest BCUT2D eigenvalue weighted by Gasteiger charge is -2.27. The molecule has 0 atom stereocenters. The minimum Gasteiger partial charge on any atom is -0.496 e. The highest BCUT2D eigenvalue weighted by Crippen LogP contribution is 2.34. The monoisotopic (exact) mass is 435 g/mol. The fourth-order valence-electron chi connectivity index (χ4n) is 2.61. The summed E-state index contributed by atoms with van der Waals surface area (Å²) in [6, 6.07) is 3.69. The number of nitrogens with two attached hydrogens (primary N) is 1. The molecule has 0 unspecified atom stereocenters. The Hall–Kier alpha value is -1.38. The van der Waals surface area contributed by atoms with E-state index in [4.69, 9.17) is 19.9 Å². The SMILES string of the molecule is COc1cc(OC)c(OC)cc1CN=C(N)N1CCCCC1.I. The van der Waals surface area contributed by atoms with Crippen molar-refractivity contribution in [3.63, 3.8) is 0 Å². The zero-order chi connectivity index (χ0) is 15.9. The summed E-state index contributed by atoms with van der Waals surface area (Å²) in [7, 11) is 4.84. The smallest absolute Gasteiger partial charge is 0.191 e. The largest absolute Gasteiger partial charge is 0.496 e. The Morgan fingerprint density at radius 3 is 2.13 bits per heavy atom. The van der Waals surface area contributed by atoms with E-state index in [2.05, 4.69) is 9.89 Å². The Balaban J connectivity index is 0.00000264.